The highest BCUT2D eigenvalue weighted by molar-refractivity contribution is 5.78. The number of ether oxygens (including phenoxy) is 2. The number of hydrogen-bond donors (Lipinski definition) is 0. The summed E-state index contributed by atoms with van der Waals surface area (Å²) < 4.78 is 11.4. The first-order valence-corrected chi connectivity index (χ1v) is 12.2. The van der Waals surface area contributed by atoms with Crippen molar-refractivity contribution < 1.29 is 19.1 Å². The molecule has 1 spiro atoms. The number of esters is 2. The van der Waals surface area contributed by atoms with Crippen LogP contribution >= 0.6 is 0 Å². The molecule has 0 radical (unpaired) electrons. The molecule has 1 aromatic carbocycles. The molecule has 0 aromatic heterocycles. The maximum absolute atomic E-state index is 12.5. The van der Waals surface area contributed by atoms with Crippen LogP contribution in [0.1, 0.15) is 78.4 Å². The van der Waals surface area contributed by atoms with Crippen LogP contribution in [0.2, 0.25) is 0 Å². The lowest BCUT2D eigenvalue weighted by Crippen LogP contribution is -2.49. The Balaban J connectivity index is 1.59. The van der Waals surface area contributed by atoms with E-state index in [9.17, 15) is 9.59 Å². The Bertz CT molecular complexity index is 960. The van der Waals surface area contributed by atoms with E-state index < -0.39 is 10.8 Å². The fourth-order valence-corrected chi connectivity index (χ4v) is 6.39. The Morgan fingerprint density at radius 3 is 2.33 bits per heavy atom. The third kappa shape index (κ3) is 3.70. The minimum atomic E-state index is -0.541. The number of likely N-dealkylation sites (N-methyl/N-ethyl adjacent to an activating group) is 1. The van der Waals surface area contributed by atoms with Crippen LogP contribution in [0.15, 0.2) is 18.2 Å². The molecule has 0 heterocycles. The zero-order chi connectivity index (χ0) is 24.4. The number of nitrogens with zero attached hydrogens (tertiary/aromatic N) is 2. The van der Waals surface area contributed by atoms with Gasteiger partial charge in [0.25, 0.3) is 0 Å². The lowest BCUT2D eigenvalue weighted by molar-refractivity contribution is -0.169. The van der Waals surface area contributed by atoms with Crippen molar-refractivity contribution in [2.75, 3.05) is 20.8 Å². The van der Waals surface area contributed by atoms with Gasteiger partial charge in [-0.25, -0.2) is 10.0 Å². The predicted octanol–water partition coefficient (Wildman–Crippen LogP) is 4.70. The van der Waals surface area contributed by atoms with Crippen molar-refractivity contribution >= 4 is 11.9 Å². The van der Waals surface area contributed by atoms with Crippen LogP contribution in [0.5, 0.6) is 5.75 Å². The summed E-state index contributed by atoms with van der Waals surface area (Å²) in [7, 11) is 4.14. The SMILES string of the molecule is CN(COC(=O)C(C)(C)C)N(C)C12CCC[C@]13c1cc(OC(=O)C(C)(C)C)ccc1CC[C@@H]23. The molecule has 1 aromatic rings. The normalized spacial score (nSPS) is 28.2. The monoisotopic (exact) mass is 456 g/mol. The second-order valence-electron chi connectivity index (χ2n) is 12.3. The van der Waals surface area contributed by atoms with Gasteiger partial charge in [-0.3, -0.25) is 9.59 Å². The van der Waals surface area contributed by atoms with Crippen molar-refractivity contribution in [3.05, 3.63) is 29.3 Å². The number of carbonyl (C=O) groups is 2. The first-order valence-electron chi connectivity index (χ1n) is 12.2. The Hall–Kier alpha value is -1.92. The van der Waals surface area contributed by atoms with Gasteiger partial charge >= 0.3 is 11.9 Å². The van der Waals surface area contributed by atoms with Crippen molar-refractivity contribution in [2.45, 2.75) is 84.6 Å². The second kappa shape index (κ2) is 7.81. The van der Waals surface area contributed by atoms with Crippen LogP contribution in [0.3, 0.4) is 0 Å². The summed E-state index contributed by atoms with van der Waals surface area (Å²) >= 11 is 0. The Kier molecular flexibility index (Phi) is 5.73. The standard InChI is InChI=1S/C27H40N2O4/c1-24(2,3)22(30)32-17-28(7)29(8)27-15-9-14-26(27)20-16-19(33-23(31)25(4,5)6)12-10-18(20)11-13-21(26)27/h10,12,16,21H,9,11,13-15,17H2,1-8H3/t21-,26-,27?/m1/s1. The van der Waals surface area contributed by atoms with Crippen LogP contribution in [0, 0.1) is 16.7 Å². The molecule has 33 heavy (non-hydrogen) atoms. The van der Waals surface area contributed by atoms with Crippen molar-refractivity contribution in [3.8, 4) is 5.75 Å². The molecule has 2 saturated carbocycles. The lowest BCUT2D eigenvalue weighted by Gasteiger charge is -2.37. The number of benzene rings is 1. The molecular formula is C27H40N2O4. The molecule has 6 nitrogen and oxygen atoms in total. The summed E-state index contributed by atoms with van der Waals surface area (Å²) in [6.45, 7) is 11.5. The van der Waals surface area contributed by atoms with Gasteiger partial charge in [0, 0.05) is 25.0 Å². The summed E-state index contributed by atoms with van der Waals surface area (Å²) in [6.07, 6.45) is 5.64. The average molecular weight is 457 g/mol. The highest BCUT2D eigenvalue weighted by Gasteiger charge is 2.81. The van der Waals surface area contributed by atoms with Gasteiger partial charge in [-0.15, -0.1) is 0 Å². The number of fused-ring (bicyclic) bond motifs is 2. The van der Waals surface area contributed by atoms with E-state index in [0.29, 0.717) is 11.7 Å². The Labute approximate surface area is 198 Å². The number of carbonyl (C=O) groups excluding carboxylic acids is 2. The number of hydrogen-bond acceptors (Lipinski definition) is 6. The lowest BCUT2D eigenvalue weighted by atomic mass is 9.80. The van der Waals surface area contributed by atoms with Gasteiger partial charge in [-0.1, -0.05) is 12.5 Å². The zero-order valence-electron chi connectivity index (χ0n) is 21.6. The van der Waals surface area contributed by atoms with Gasteiger partial charge in [-0.05, 0) is 96.4 Å². The topological polar surface area (TPSA) is 59.1 Å². The van der Waals surface area contributed by atoms with E-state index in [4.69, 9.17) is 9.47 Å². The van der Waals surface area contributed by atoms with Crippen molar-refractivity contribution in [1.82, 2.24) is 10.0 Å². The molecule has 182 valence electrons. The molecule has 4 rings (SSSR count). The minimum Gasteiger partial charge on any atom is -0.448 e. The Morgan fingerprint density at radius 1 is 1.03 bits per heavy atom. The van der Waals surface area contributed by atoms with Crippen molar-refractivity contribution in [1.29, 1.82) is 0 Å². The van der Waals surface area contributed by atoms with E-state index in [1.807, 2.05) is 54.7 Å². The van der Waals surface area contributed by atoms with E-state index in [0.717, 1.165) is 25.7 Å². The highest BCUT2D eigenvalue weighted by Crippen LogP contribution is 2.77. The van der Waals surface area contributed by atoms with E-state index in [1.54, 1.807) is 0 Å². The van der Waals surface area contributed by atoms with Crippen molar-refractivity contribution in [3.63, 3.8) is 0 Å². The van der Waals surface area contributed by atoms with Crippen LogP contribution in [0.4, 0.5) is 0 Å². The first-order chi connectivity index (χ1) is 15.2. The van der Waals surface area contributed by atoms with Crippen LogP contribution in [-0.4, -0.2) is 48.3 Å². The molecule has 0 bridgehead atoms. The molecule has 0 saturated heterocycles. The van der Waals surface area contributed by atoms with Crippen LogP contribution in [0.25, 0.3) is 0 Å². The van der Waals surface area contributed by atoms with Gasteiger partial charge in [0.2, 0.25) is 0 Å². The predicted molar refractivity (Wildman–Crippen MR) is 128 cm³/mol. The van der Waals surface area contributed by atoms with Gasteiger partial charge < -0.3 is 9.47 Å². The smallest absolute Gasteiger partial charge is 0.316 e. The molecular weight excluding hydrogens is 416 g/mol. The van der Waals surface area contributed by atoms with Crippen LogP contribution < -0.4 is 4.74 Å². The molecule has 3 aliphatic rings. The summed E-state index contributed by atoms with van der Waals surface area (Å²) in [6, 6.07) is 6.23. The summed E-state index contributed by atoms with van der Waals surface area (Å²) in [5.41, 5.74) is 1.76. The summed E-state index contributed by atoms with van der Waals surface area (Å²) in [4.78, 5) is 24.8. The largest absolute Gasteiger partial charge is 0.448 e. The van der Waals surface area contributed by atoms with Gasteiger partial charge in [0.15, 0.2) is 6.73 Å². The third-order valence-corrected chi connectivity index (χ3v) is 8.16. The third-order valence-electron chi connectivity index (χ3n) is 8.16. The van der Waals surface area contributed by atoms with Gasteiger partial charge in [0.05, 0.1) is 10.8 Å². The van der Waals surface area contributed by atoms with E-state index in [2.05, 4.69) is 29.2 Å². The number of hydrazine groups is 1. The fourth-order valence-electron chi connectivity index (χ4n) is 6.39. The average Bonchev–Trinajstić information content (AvgIpc) is 3.12. The molecule has 6 heteroatoms. The van der Waals surface area contributed by atoms with E-state index in [1.165, 1.54) is 17.5 Å². The van der Waals surface area contributed by atoms with Gasteiger partial charge in [-0.2, -0.15) is 0 Å². The van der Waals surface area contributed by atoms with E-state index >= 15 is 0 Å². The molecule has 3 aliphatic carbocycles. The zero-order valence-corrected chi connectivity index (χ0v) is 21.6. The van der Waals surface area contributed by atoms with Crippen LogP contribution in [-0.2, 0) is 26.2 Å². The fraction of sp³-hybridized carbons (Fsp3) is 0.704. The number of aryl methyl sites for hydroxylation is 1. The maximum Gasteiger partial charge on any atom is 0.316 e. The quantitative estimate of drug-likeness (QED) is 0.277. The van der Waals surface area contributed by atoms with E-state index in [-0.39, 0.29) is 29.6 Å². The molecule has 0 N–H and O–H groups in total. The van der Waals surface area contributed by atoms with Crippen molar-refractivity contribution in [2.24, 2.45) is 16.7 Å². The summed E-state index contributed by atoms with van der Waals surface area (Å²) in [5.74, 6) is 0.806. The number of rotatable bonds is 5. The highest BCUT2D eigenvalue weighted by atomic mass is 16.6. The molecule has 3 atom stereocenters. The minimum absolute atomic E-state index is 0.0216. The Morgan fingerprint density at radius 2 is 1.70 bits per heavy atom. The molecule has 1 unspecified atom stereocenters. The van der Waals surface area contributed by atoms with Gasteiger partial charge in [0.1, 0.15) is 5.75 Å². The summed E-state index contributed by atoms with van der Waals surface area (Å²) in [5, 5.41) is 4.39. The molecule has 0 amide bonds. The molecule has 2 fully saturated rings. The maximum atomic E-state index is 12.5. The second-order valence-corrected chi connectivity index (χ2v) is 12.3. The molecule has 0 aliphatic heterocycles. The first kappa shape index (κ1) is 24.2.